The second-order valence-corrected chi connectivity index (χ2v) is 8.18. The molecule has 0 heterocycles. The molecule has 0 rings (SSSR count). The van der Waals surface area contributed by atoms with E-state index in [1.165, 1.54) is 44.9 Å². The van der Waals surface area contributed by atoms with Crippen molar-refractivity contribution in [2.24, 2.45) is 0 Å². The number of carbonyl (C=O) groups is 1. The van der Waals surface area contributed by atoms with Gasteiger partial charge in [0.25, 0.3) is 0 Å². The van der Waals surface area contributed by atoms with Gasteiger partial charge in [-0.3, -0.25) is 9.32 Å². The molecule has 0 aliphatic heterocycles. The molecule has 6 nitrogen and oxygen atoms in total. The summed E-state index contributed by atoms with van der Waals surface area (Å²) in [6, 6.07) is 0. The molecule has 164 valence electrons. The molecule has 0 spiro atoms. The highest BCUT2D eigenvalue weighted by molar-refractivity contribution is 7.46. The van der Waals surface area contributed by atoms with E-state index in [1.807, 2.05) is 0 Å². The number of unbranched alkanes of at least 4 members (excludes halogenated alkanes) is 9. The molecule has 0 aliphatic rings. The smallest absolute Gasteiger partial charge is 0.374 e. The molecule has 2 N–H and O–H groups in total. The SMILES string of the molecule is CCCCC/C=C\C/C=C\CCCCCCCCOCC(=O)COP(=O)(O)O. The Morgan fingerprint density at radius 1 is 0.821 bits per heavy atom. The molecule has 0 fully saturated rings. The molecule has 0 aromatic carbocycles. The third-order valence-corrected chi connectivity index (χ3v) is 4.61. The molecule has 0 aromatic heterocycles. The van der Waals surface area contributed by atoms with Crippen LogP contribution in [0.2, 0.25) is 0 Å². The molecule has 0 amide bonds. The molecule has 0 bridgehead atoms. The number of Topliss-reactive ketones (excluding diaryl/α,β-unsaturated/α-hetero) is 1. The number of phosphoric ester groups is 1. The number of ether oxygens (including phenoxy) is 1. The van der Waals surface area contributed by atoms with Crippen molar-refractivity contribution in [3.63, 3.8) is 0 Å². The van der Waals surface area contributed by atoms with Crippen LogP contribution in [0.3, 0.4) is 0 Å². The minimum Gasteiger partial charge on any atom is -0.374 e. The van der Waals surface area contributed by atoms with E-state index in [4.69, 9.17) is 14.5 Å². The van der Waals surface area contributed by atoms with Gasteiger partial charge < -0.3 is 14.5 Å². The van der Waals surface area contributed by atoms with E-state index < -0.39 is 20.2 Å². The minimum atomic E-state index is -4.58. The number of hydrogen-bond donors (Lipinski definition) is 2. The van der Waals surface area contributed by atoms with Gasteiger partial charge in [0.2, 0.25) is 0 Å². The Morgan fingerprint density at radius 2 is 1.39 bits per heavy atom. The fourth-order valence-corrected chi connectivity index (χ4v) is 2.89. The van der Waals surface area contributed by atoms with E-state index >= 15 is 0 Å². The van der Waals surface area contributed by atoms with Gasteiger partial charge in [0.05, 0.1) is 0 Å². The highest BCUT2D eigenvalue weighted by Crippen LogP contribution is 2.35. The molecule has 0 aliphatic carbocycles. The van der Waals surface area contributed by atoms with Crippen molar-refractivity contribution in [1.29, 1.82) is 0 Å². The predicted molar refractivity (Wildman–Crippen MR) is 113 cm³/mol. The molecule has 0 atom stereocenters. The van der Waals surface area contributed by atoms with Gasteiger partial charge in [0.1, 0.15) is 13.2 Å². The van der Waals surface area contributed by atoms with Crippen molar-refractivity contribution < 1.29 is 28.4 Å². The van der Waals surface area contributed by atoms with Gasteiger partial charge in [0.15, 0.2) is 5.78 Å². The molecule has 0 radical (unpaired) electrons. The van der Waals surface area contributed by atoms with E-state index in [0.717, 1.165) is 32.1 Å². The van der Waals surface area contributed by atoms with Gasteiger partial charge in [-0.1, -0.05) is 69.8 Å². The second-order valence-electron chi connectivity index (χ2n) is 6.94. The Morgan fingerprint density at radius 3 is 2.00 bits per heavy atom. The maximum absolute atomic E-state index is 11.3. The van der Waals surface area contributed by atoms with Gasteiger partial charge in [0, 0.05) is 6.61 Å². The van der Waals surface area contributed by atoms with Crippen molar-refractivity contribution in [1.82, 2.24) is 0 Å². The summed E-state index contributed by atoms with van der Waals surface area (Å²) in [5.41, 5.74) is 0. The average Bonchev–Trinajstić information content (AvgIpc) is 2.65. The highest BCUT2D eigenvalue weighted by Gasteiger charge is 2.16. The number of hydrogen-bond acceptors (Lipinski definition) is 4. The Labute approximate surface area is 170 Å². The number of carbonyl (C=O) groups excluding carboxylic acids is 1. The standard InChI is InChI=1S/C21H39O6P/c1-2-3-4-5-6-7-8-9-10-11-12-13-14-15-16-17-18-26-19-21(22)20-27-28(23,24)25/h6-7,9-10H,2-5,8,11-20H2,1H3,(H2,23,24,25)/b7-6-,10-9-. The molecule has 0 unspecified atom stereocenters. The molecule has 0 aromatic rings. The van der Waals surface area contributed by atoms with Crippen LogP contribution < -0.4 is 0 Å². The number of ketones is 1. The minimum absolute atomic E-state index is 0.166. The van der Waals surface area contributed by atoms with Gasteiger partial charge in [-0.25, -0.2) is 4.57 Å². The van der Waals surface area contributed by atoms with E-state index in [2.05, 4.69) is 35.8 Å². The quantitative estimate of drug-likeness (QED) is 0.154. The van der Waals surface area contributed by atoms with Crippen LogP contribution in [0.4, 0.5) is 0 Å². The number of rotatable bonds is 20. The van der Waals surface area contributed by atoms with Crippen LogP contribution in [0.1, 0.15) is 84.0 Å². The topological polar surface area (TPSA) is 93.1 Å². The first-order valence-electron chi connectivity index (χ1n) is 10.5. The first-order chi connectivity index (χ1) is 13.5. The lowest BCUT2D eigenvalue weighted by Gasteiger charge is -2.05. The first kappa shape index (κ1) is 27.2. The number of phosphoric acid groups is 1. The third-order valence-electron chi connectivity index (χ3n) is 4.15. The Hall–Kier alpha value is -0.780. The lowest BCUT2D eigenvalue weighted by Crippen LogP contribution is -2.15. The largest absolute Gasteiger partial charge is 0.470 e. The summed E-state index contributed by atoms with van der Waals surface area (Å²) < 4.78 is 19.7. The third kappa shape index (κ3) is 23.3. The maximum atomic E-state index is 11.3. The summed E-state index contributed by atoms with van der Waals surface area (Å²) >= 11 is 0. The van der Waals surface area contributed by atoms with Gasteiger partial charge >= 0.3 is 7.82 Å². The lowest BCUT2D eigenvalue weighted by atomic mass is 10.1. The molecular formula is C21H39O6P. The maximum Gasteiger partial charge on any atom is 0.470 e. The average molecular weight is 419 g/mol. The van der Waals surface area contributed by atoms with E-state index in [0.29, 0.717) is 6.61 Å². The van der Waals surface area contributed by atoms with Crippen molar-refractivity contribution in [3.8, 4) is 0 Å². The predicted octanol–water partition coefficient (Wildman–Crippen LogP) is 5.49. The molecule has 7 heteroatoms. The first-order valence-corrected chi connectivity index (χ1v) is 12.1. The van der Waals surface area contributed by atoms with Crippen LogP contribution in [-0.2, 0) is 18.6 Å². The molecular weight excluding hydrogens is 379 g/mol. The second kappa shape index (κ2) is 19.5. The Bertz CT molecular complexity index is 470. The Kier molecular flexibility index (Phi) is 19.0. The van der Waals surface area contributed by atoms with Gasteiger partial charge in [-0.2, -0.15) is 0 Å². The zero-order valence-corrected chi connectivity index (χ0v) is 18.3. The monoisotopic (exact) mass is 418 g/mol. The van der Waals surface area contributed by atoms with Crippen molar-refractivity contribution in [3.05, 3.63) is 24.3 Å². The van der Waals surface area contributed by atoms with Gasteiger partial charge in [-0.05, 0) is 38.5 Å². The lowest BCUT2D eigenvalue weighted by molar-refractivity contribution is -0.126. The Balaban J connectivity index is 3.28. The fourth-order valence-electron chi connectivity index (χ4n) is 2.58. The summed E-state index contributed by atoms with van der Waals surface area (Å²) in [6.45, 7) is 1.93. The summed E-state index contributed by atoms with van der Waals surface area (Å²) in [4.78, 5) is 28.2. The molecule has 0 saturated heterocycles. The van der Waals surface area contributed by atoms with E-state index in [-0.39, 0.29) is 6.61 Å². The van der Waals surface area contributed by atoms with E-state index in [9.17, 15) is 9.36 Å². The van der Waals surface area contributed by atoms with Crippen molar-refractivity contribution >= 4 is 13.6 Å². The van der Waals surface area contributed by atoms with Crippen molar-refractivity contribution in [2.75, 3.05) is 19.8 Å². The molecule has 28 heavy (non-hydrogen) atoms. The van der Waals surface area contributed by atoms with Crippen LogP contribution in [0.5, 0.6) is 0 Å². The zero-order valence-electron chi connectivity index (χ0n) is 17.4. The summed E-state index contributed by atoms with van der Waals surface area (Å²) in [6.07, 6.45) is 23.1. The van der Waals surface area contributed by atoms with Crippen LogP contribution in [0.25, 0.3) is 0 Å². The summed E-state index contributed by atoms with van der Waals surface area (Å²) in [5.74, 6) is -0.469. The van der Waals surface area contributed by atoms with E-state index in [1.54, 1.807) is 0 Å². The van der Waals surface area contributed by atoms with Crippen LogP contribution in [0.15, 0.2) is 24.3 Å². The van der Waals surface area contributed by atoms with Crippen LogP contribution in [0, 0.1) is 0 Å². The van der Waals surface area contributed by atoms with Gasteiger partial charge in [-0.15, -0.1) is 0 Å². The number of allylic oxidation sites excluding steroid dienone is 4. The summed E-state index contributed by atoms with van der Waals surface area (Å²) in [7, 11) is -4.58. The zero-order chi connectivity index (χ0) is 20.9. The van der Waals surface area contributed by atoms with Crippen molar-refractivity contribution in [2.45, 2.75) is 84.0 Å². The summed E-state index contributed by atoms with van der Waals surface area (Å²) in [5, 5.41) is 0. The van der Waals surface area contributed by atoms with Crippen LogP contribution >= 0.6 is 7.82 Å². The highest BCUT2D eigenvalue weighted by atomic mass is 31.2. The van der Waals surface area contributed by atoms with Crippen LogP contribution in [-0.4, -0.2) is 35.4 Å². The molecule has 0 saturated carbocycles. The normalized spacial score (nSPS) is 12.4. The fraction of sp³-hybridized carbons (Fsp3) is 0.762.